The summed E-state index contributed by atoms with van der Waals surface area (Å²) in [5.74, 6) is -0.914. The van der Waals surface area contributed by atoms with E-state index in [2.05, 4.69) is 0 Å². The maximum atomic E-state index is 10.6. The lowest BCUT2D eigenvalue weighted by Gasteiger charge is -1.97. The van der Waals surface area contributed by atoms with Crippen molar-refractivity contribution in [1.82, 2.24) is 5.73 Å². The molecule has 1 rings (SSSR count). The largest absolute Gasteiger partial charge is 0.273 e. The molecule has 0 aliphatic heterocycles. The van der Waals surface area contributed by atoms with Gasteiger partial charge in [-0.05, 0) is 13.0 Å². The average molecular weight is 179 g/mol. The van der Waals surface area contributed by atoms with Gasteiger partial charge in [-0.25, -0.2) is 0 Å². The van der Waals surface area contributed by atoms with E-state index in [1.54, 1.807) is 6.92 Å². The van der Waals surface area contributed by atoms with Crippen LogP contribution in [0.2, 0.25) is 0 Å². The van der Waals surface area contributed by atoms with Gasteiger partial charge in [0.25, 0.3) is 11.6 Å². The van der Waals surface area contributed by atoms with Crippen molar-refractivity contribution >= 4 is 11.6 Å². The summed E-state index contributed by atoms with van der Waals surface area (Å²) in [6.07, 6.45) is 0. The van der Waals surface area contributed by atoms with Crippen LogP contribution in [0.4, 0.5) is 5.69 Å². The van der Waals surface area contributed by atoms with E-state index < -0.39 is 10.8 Å². The fourth-order valence-corrected chi connectivity index (χ4v) is 0.947. The maximum Gasteiger partial charge on any atom is 0.273 e. The molecule has 1 aromatic rings. The Hall–Kier alpha value is -1.91. The fourth-order valence-electron chi connectivity index (χ4n) is 0.947. The van der Waals surface area contributed by atoms with Gasteiger partial charge in [-0.15, -0.1) is 0 Å². The highest BCUT2D eigenvalue weighted by Crippen LogP contribution is 2.18. The van der Waals surface area contributed by atoms with Gasteiger partial charge in [-0.2, -0.15) is 0 Å². The number of amides is 1. The van der Waals surface area contributed by atoms with Gasteiger partial charge < -0.3 is 0 Å². The molecule has 1 amide bonds. The van der Waals surface area contributed by atoms with Crippen LogP contribution >= 0.6 is 0 Å². The second kappa shape index (κ2) is 3.22. The summed E-state index contributed by atoms with van der Waals surface area (Å²) < 4.78 is 0. The third kappa shape index (κ3) is 1.81. The Morgan fingerprint density at radius 2 is 2.15 bits per heavy atom. The van der Waals surface area contributed by atoms with E-state index in [-0.39, 0.29) is 11.3 Å². The lowest BCUT2D eigenvalue weighted by Crippen LogP contribution is -2.01. The zero-order chi connectivity index (χ0) is 10.0. The molecular weight excluding hydrogens is 172 g/mol. The number of nitro groups is 1. The van der Waals surface area contributed by atoms with Crippen LogP contribution in [0.3, 0.4) is 0 Å². The normalized spacial score (nSPS) is 9.62. The van der Waals surface area contributed by atoms with Crippen LogP contribution in [0.1, 0.15) is 15.9 Å². The van der Waals surface area contributed by atoms with E-state index in [1.807, 2.05) is 0 Å². The molecule has 1 N–H and O–H groups in total. The molecule has 5 heteroatoms. The van der Waals surface area contributed by atoms with Crippen LogP contribution in [0.15, 0.2) is 18.2 Å². The molecule has 0 spiro atoms. The summed E-state index contributed by atoms with van der Waals surface area (Å²) in [6.45, 7) is 1.58. The summed E-state index contributed by atoms with van der Waals surface area (Å²) in [5, 5.41) is 10.4. The molecule has 0 heterocycles. The van der Waals surface area contributed by atoms with Crippen molar-refractivity contribution in [1.29, 1.82) is 0 Å². The second-order valence-corrected chi connectivity index (χ2v) is 2.59. The van der Waals surface area contributed by atoms with Gasteiger partial charge in [-0.3, -0.25) is 20.6 Å². The molecule has 0 bridgehead atoms. The topological polar surface area (TPSA) is 84.0 Å². The van der Waals surface area contributed by atoms with Crippen LogP contribution < -0.4 is 5.73 Å². The van der Waals surface area contributed by atoms with Crippen LogP contribution in [0.5, 0.6) is 0 Å². The van der Waals surface area contributed by atoms with Crippen LogP contribution in [-0.4, -0.2) is 10.8 Å². The molecular formula is C8H7N2O3. The SMILES string of the molecule is Cc1ccc(C([NH])=O)cc1[N+](=O)[O-]. The molecule has 1 radical (unpaired) electrons. The highest BCUT2D eigenvalue weighted by Gasteiger charge is 2.12. The van der Waals surface area contributed by atoms with E-state index >= 15 is 0 Å². The van der Waals surface area contributed by atoms with Crippen molar-refractivity contribution in [2.24, 2.45) is 0 Å². The molecule has 0 saturated carbocycles. The molecule has 0 unspecified atom stereocenters. The molecule has 0 atom stereocenters. The summed E-state index contributed by atoms with van der Waals surface area (Å²) in [6, 6.07) is 3.97. The summed E-state index contributed by atoms with van der Waals surface area (Å²) in [7, 11) is 0. The molecule has 0 fully saturated rings. The average Bonchev–Trinajstić information content (AvgIpc) is 2.04. The van der Waals surface area contributed by atoms with Crippen molar-refractivity contribution in [2.75, 3.05) is 0 Å². The number of nitro benzene ring substituents is 1. The molecule has 5 nitrogen and oxygen atoms in total. The van der Waals surface area contributed by atoms with Gasteiger partial charge in [-0.1, -0.05) is 6.07 Å². The number of nitrogens with one attached hydrogen (secondary N) is 1. The Kier molecular flexibility index (Phi) is 2.27. The van der Waals surface area contributed by atoms with Gasteiger partial charge in [0.1, 0.15) is 0 Å². The lowest BCUT2D eigenvalue weighted by atomic mass is 10.1. The standard InChI is InChI=1S/C8H7N2O3/c1-5-2-3-6(8(9)11)4-7(5)10(12)13/h2-4,9H,1H3. The van der Waals surface area contributed by atoms with E-state index in [1.165, 1.54) is 12.1 Å². The predicted octanol–water partition coefficient (Wildman–Crippen LogP) is 1.33. The first-order valence-electron chi connectivity index (χ1n) is 3.53. The number of hydrogen-bond acceptors (Lipinski definition) is 3. The minimum atomic E-state index is -0.914. The first-order chi connectivity index (χ1) is 6.02. The number of carbonyl (C=O) groups excluding carboxylic acids is 1. The third-order valence-corrected chi connectivity index (χ3v) is 1.67. The molecule has 67 valence electrons. The molecule has 0 aliphatic rings. The van der Waals surface area contributed by atoms with Crippen LogP contribution in [0, 0.1) is 17.0 Å². The van der Waals surface area contributed by atoms with Crippen molar-refractivity contribution in [2.45, 2.75) is 6.92 Å². The Labute approximate surface area is 74.3 Å². The summed E-state index contributed by atoms with van der Waals surface area (Å²) in [4.78, 5) is 20.4. The number of rotatable bonds is 2. The smallest absolute Gasteiger partial charge is 0.267 e. The minimum absolute atomic E-state index is 0.0392. The Balaban J connectivity index is 3.27. The second-order valence-electron chi connectivity index (χ2n) is 2.59. The predicted molar refractivity (Wildman–Crippen MR) is 45.3 cm³/mol. The molecule has 0 saturated heterocycles. The van der Waals surface area contributed by atoms with Gasteiger partial charge in [0, 0.05) is 17.2 Å². The molecule has 0 aliphatic carbocycles. The number of aryl methyl sites for hydroxylation is 1. The van der Waals surface area contributed by atoms with Crippen molar-refractivity contribution in [3.8, 4) is 0 Å². The number of carbonyl (C=O) groups is 1. The Bertz CT molecular complexity index is 374. The first kappa shape index (κ1) is 9.18. The number of hydrogen-bond donors (Lipinski definition) is 0. The van der Waals surface area contributed by atoms with Gasteiger partial charge >= 0.3 is 0 Å². The van der Waals surface area contributed by atoms with Crippen LogP contribution in [0.25, 0.3) is 0 Å². The van der Waals surface area contributed by atoms with Crippen molar-refractivity contribution in [3.63, 3.8) is 0 Å². The van der Waals surface area contributed by atoms with E-state index in [4.69, 9.17) is 5.73 Å². The zero-order valence-corrected chi connectivity index (χ0v) is 6.90. The number of benzene rings is 1. The number of nitrogens with zero attached hydrogens (tertiary/aromatic N) is 1. The lowest BCUT2D eigenvalue weighted by molar-refractivity contribution is -0.385. The van der Waals surface area contributed by atoms with Gasteiger partial charge in [0.2, 0.25) is 0 Å². The Morgan fingerprint density at radius 3 is 2.62 bits per heavy atom. The highest BCUT2D eigenvalue weighted by atomic mass is 16.6. The van der Waals surface area contributed by atoms with E-state index in [0.717, 1.165) is 6.07 Å². The van der Waals surface area contributed by atoms with Crippen molar-refractivity contribution in [3.05, 3.63) is 39.4 Å². The van der Waals surface area contributed by atoms with Crippen molar-refractivity contribution < 1.29 is 9.72 Å². The van der Waals surface area contributed by atoms with E-state index in [9.17, 15) is 14.9 Å². The Morgan fingerprint density at radius 1 is 1.54 bits per heavy atom. The molecule has 1 aromatic carbocycles. The summed E-state index contributed by atoms with van der Waals surface area (Å²) >= 11 is 0. The quantitative estimate of drug-likeness (QED) is 0.507. The first-order valence-corrected chi connectivity index (χ1v) is 3.53. The summed E-state index contributed by atoms with van der Waals surface area (Å²) in [5.41, 5.74) is 7.16. The fraction of sp³-hybridized carbons (Fsp3) is 0.125. The van der Waals surface area contributed by atoms with Gasteiger partial charge in [0.05, 0.1) is 4.92 Å². The van der Waals surface area contributed by atoms with Gasteiger partial charge in [0.15, 0.2) is 0 Å². The highest BCUT2D eigenvalue weighted by molar-refractivity contribution is 5.92. The van der Waals surface area contributed by atoms with Crippen LogP contribution in [-0.2, 0) is 0 Å². The molecule has 0 aromatic heterocycles. The van der Waals surface area contributed by atoms with E-state index in [0.29, 0.717) is 5.56 Å². The maximum absolute atomic E-state index is 10.6. The monoisotopic (exact) mass is 179 g/mol. The zero-order valence-electron chi connectivity index (χ0n) is 6.90. The third-order valence-electron chi connectivity index (χ3n) is 1.67. The minimum Gasteiger partial charge on any atom is -0.267 e. The molecule has 13 heavy (non-hydrogen) atoms.